The minimum Gasteiger partial charge on any atom is -0.457 e. The minimum atomic E-state index is -0.564. The molecule has 0 radical (unpaired) electrons. The van der Waals surface area contributed by atoms with Gasteiger partial charge in [-0.1, -0.05) is 24.3 Å². The number of nitrogens with zero attached hydrogens (tertiary/aromatic N) is 1. The predicted octanol–water partition coefficient (Wildman–Crippen LogP) is 5.93. The summed E-state index contributed by atoms with van der Waals surface area (Å²) in [6.45, 7) is 1.09. The molecule has 0 saturated heterocycles. The molecular formula is C26H28FN3O2. The number of hydrogen-bond donors (Lipinski definition) is 2. The Morgan fingerprint density at radius 3 is 2.56 bits per heavy atom. The molecule has 1 aliphatic carbocycles. The highest BCUT2D eigenvalue weighted by molar-refractivity contribution is 5.99. The lowest BCUT2D eigenvalue weighted by Crippen LogP contribution is -2.26. The fraction of sp³-hybridized carbons (Fsp3) is 0.269. The van der Waals surface area contributed by atoms with Crippen molar-refractivity contribution in [2.45, 2.75) is 19.3 Å². The first kappa shape index (κ1) is 21.8. The average molecular weight is 434 g/mol. The zero-order chi connectivity index (χ0) is 22.5. The maximum absolute atomic E-state index is 14.5. The number of anilines is 2. The van der Waals surface area contributed by atoms with Crippen LogP contribution in [0.3, 0.4) is 0 Å². The van der Waals surface area contributed by atoms with Crippen LogP contribution in [-0.2, 0) is 12.8 Å². The number of carbonyl (C=O) groups excluding carboxylic acids is 1. The number of urea groups is 1. The highest BCUT2D eigenvalue weighted by Gasteiger charge is 2.19. The second-order valence-electron chi connectivity index (χ2n) is 8.49. The molecule has 0 saturated carbocycles. The van der Waals surface area contributed by atoms with Crippen molar-refractivity contribution in [2.24, 2.45) is 5.92 Å². The van der Waals surface area contributed by atoms with Crippen LogP contribution in [0.25, 0.3) is 0 Å². The van der Waals surface area contributed by atoms with Crippen LogP contribution in [0.2, 0.25) is 0 Å². The number of rotatable bonds is 6. The number of para-hydroxylation sites is 1. The van der Waals surface area contributed by atoms with Crippen molar-refractivity contribution < 1.29 is 13.9 Å². The predicted molar refractivity (Wildman–Crippen MR) is 126 cm³/mol. The summed E-state index contributed by atoms with van der Waals surface area (Å²) in [5.41, 5.74) is 3.41. The molecule has 5 nitrogen and oxygen atoms in total. The lowest BCUT2D eigenvalue weighted by atomic mass is 9.83. The van der Waals surface area contributed by atoms with E-state index in [1.165, 1.54) is 23.3 Å². The Morgan fingerprint density at radius 1 is 1.00 bits per heavy atom. The van der Waals surface area contributed by atoms with E-state index in [2.05, 4.69) is 35.7 Å². The van der Waals surface area contributed by atoms with Gasteiger partial charge in [-0.15, -0.1) is 0 Å². The van der Waals surface area contributed by atoms with Gasteiger partial charge < -0.3 is 20.3 Å². The molecule has 0 spiro atoms. The molecule has 166 valence electrons. The van der Waals surface area contributed by atoms with Gasteiger partial charge in [0.2, 0.25) is 0 Å². The van der Waals surface area contributed by atoms with E-state index in [4.69, 9.17) is 4.74 Å². The molecule has 1 aliphatic rings. The van der Waals surface area contributed by atoms with Gasteiger partial charge in [-0.25, -0.2) is 9.18 Å². The summed E-state index contributed by atoms with van der Waals surface area (Å²) in [4.78, 5) is 14.7. The van der Waals surface area contributed by atoms with Crippen molar-refractivity contribution >= 4 is 17.4 Å². The molecule has 0 aromatic heterocycles. The highest BCUT2D eigenvalue weighted by Crippen LogP contribution is 2.29. The number of hydrogen-bond acceptors (Lipinski definition) is 3. The molecule has 0 heterocycles. The van der Waals surface area contributed by atoms with E-state index in [1.54, 1.807) is 18.2 Å². The third-order valence-electron chi connectivity index (χ3n) is 5.59. The molecule has 6 heteroatoms. The molecule has 1 atom stereocenters. The summed E-state index contributed by atoms with van der Waals surface area (Å²) in [5, 5.41) is 5.38. The Kier molecular flexibility index (Phi) is 6.71. The Balaban J connectivity index is 1.36. The molecule has 2 amide bonds. The van der Waals surface area contributed by atoms with E-state index < -0.39 is 11.8 Å². The van der Waals surface area contributed by atoms with Gasteiger partial charge >= 0.3 is 6.03 Å². The van der Waals surface area contributed by atoms with Crippen molar-refractivity contribution in [2.75, 3.05) is 31.3 Å². The standard InChI is InChI=1S/C26H28FN3O2/c1-30(2)17-18-8-9-20-15-21(11-10-19(20)14-18)28-26(31)29-25-13-12-23(16-24(25)27)32-22-6-4-3-5-7-22/h3-7,10-13,15-16,18H,8-9,14,17H2,1-2H3,(H2,28,29,31). The summed E-state index contributed by atoms with van der Waals surface area (Å²) >= 11 is 0. The molecule has 4 rings (SSSR count). The Hall–Kier alpha value is -3.38. The fourth-order valence-corrected chi connectivity index (χ4v) is 4.15. The second kappa shape index (κ2) is 9.83. The zero-order valence-corrected chi connectivity index (χ0v) is 18.4. The van der Waals surface area contributed by atoms with Gasteiger partial charge in [0, 0.05) is 18.3 Å². The number of benzene rings is 3. The number of carbonyl (C=O) groups is 1. The van der Waals surface area contributed by atoms with Crippen molar-refractivity contribution in [3.8, 4) is 11.5 Å². The quantitative estimate of drug-likeness (QED) is 0.507. The fourth-order valence-electron chi connectivity index (χ4n) is 4.15. The van der Waals surface area contributed by atoms with Crippen LogP contribution in [-0.4, -0.2) is 31.6 Å². The van der Waals surface area contributed by atoms with Crippen LogP contribution in [0, 0.1) is 11.7 Å². The first-order valence-electron chi connectivity index (χ1n) is 10.8. The van der Waals surface area contributed by atoms with Crippen molar-refractivity contribution in [3.63, 3.8) is 0 Å². The van der Waals surface area contributed by atoms with Crippen LogP contribution in [0.4, 0.5) is 20.6 Å². The first-order valence-corrected chi connectivity index (χ1v) is 10.8. The smallest absolute Gasteiger partial charge is 0.323 e. The molecule has 3 aromatic rings. The Labute approximate surface area is 188 Å². The molecule has 1 unspecified atom stereocenters. The molecule has 0 aliphatic heterocycles. The summed E-state index contributed by atoms with van der Waals surface area (Å²) in [6, 6.07) is 19.0. The van der Waals surface area contributed by atoms with Gasteiger partial charge in [0.1, 0.15) is 17.3 Å². The maximum Gasteiger partial charge on any atom is 0.323 e. The van der Waals surface area contributed by atoms with Crippen LogP contribution in [0.15, 0.2) is 66.7 Å². The minimum absolute atomic E-state index is 0.0902. The monoisotopic (exact) mass is 433 g/mol. The van der Waals surface area contributed by atoms with E-state index in [0.29, 0.717) is 23.1 Å². The van der Waals surface area contributed by atoms with Crippen LogP contribution in [0.1, 0.15) is 17.5 Å². The van der Waals surface area contributed by atoms with Gasteiger partial charge in [0.15, 0.2) is 0 Å². The largest absolute Gasteiger partial charge is 0.457 e. The molecule has 32 heavy (non-hydrogen) atoms. The molecule has 0 fully saturated rings. The Bertz CT molecular complexity index is 1090. The first-order chi connectivity index (χ1) is 15.5. The van der Waals surface area contributed by atoms with Gasteiger partial charge in [-0.05, 0) is 86.8 Å². The van der Waals surface area contributed by atoms with Gasteiger partial charge in [0.25, 0.3) is 0 Å². The van der Waals surface area contributed by atoms with Gasteiger partial charge in [0.05, 0.1) is 5.69 Å². The zero-order valence-electron chi connectivity index (χ0n) is 18.4. The lowest BCUT2D eigenvalue weighted by Gasteiger charge is -2.27. The molecule has 3 aromatic carbocycles. The molecular weight excluding hydrogens is 405 g/mol. The summed E-state index contributed by atoms with van der Waals surface area (Å²) in [5.74, 6) is 1.08. The van der Waals surface area contributed by atoms with Gasteiger partial charge in [-0.2, -0.15) is 0 Å². The number of amides is 2. The normalized spacial score (nSPS) is 15.2. The van der Waals surface area contributed by atoms with Crippen molar-refractivity contribution in [3.05, 3.63) is 83.7 Å². The van der Waals surface area contributed by atoms with Crippen molar-refractivity contribution in [1.29, 1.82) is 0 Å². The van der Waals surface area contributed by atoms with Crippen LogP contribution in [0.5, 0.6) is 11.5 Å². The summed E-state index contributed by atoms with van der Waals surface area (Å²) in [7, 11) is 4.21. The van der Waals surface area contributed by atoms with Crippen LogP contribution < -0.4 is 15.4 Å². The Morgan fingerprint density at radius 2 is 1.81 bits per heavy atom. The number of nitrogens with one attached hydrogen (secondary N) is 2. The highest BCUT2D eigenvalue weighted by atomic mass is 19.1. The third kappa shape index (κ3) is 5.65. The van der Waals surface area contributed by atoms with E-state index in [0.717, 1.165) is 25.8 Å². The van der Waals surface area contributed by atoms with Crippen LogP contribution >= 0.6 is 0 Å². The van der Waals surface area contributed by atoms with E-state index in [1.807, 2.05) is 30.3 Å². The topological polar surface area (TPSA) is 53.6 Å². The SMILES string of the molecule is CN(C)CC1CCc2cc(NC(=O)Nc3ccc(Oc4ccccc4)cc3F)ccc2C1. The average Bonchev–Trinajstić information content (AvgIpc) is 2.76. The molecule has 2 N–H and O–H groups in total. The second-order valence-corrected chi connectivity index (χ2v) is 8.49. The number of ether oxygens (including phenoxy) is 1. The lowest BCUT2D eigenvalue weighted by molar-refractivity contribution is 0.262. The number of halogens is 1. The summed E-state index contributed by atoms with van der Waals surface area (Å²) < 4.78 is 20.1. The number of aryl methyl sites for hydroxylation is 1. The summed E-state index contributed by atoms with van der Waals surface area (Å²) in [6.07, 6.45) is 3.20. The van der Waals surface area contributed by atoms with E-state index >= 15 is 0 Å². The van der Waals surface area contributed by atoms with E-state index in [9.17, 15) is 9.18 Å². The maximum atomic E-state index is 14.5. The van der Waals surface area contributed by atoms with Gasteiger partial charge in [-0.3, -0.25) is 0 Å². The number of fused-ring (bicyclic) bond motifs is 1. The third-order valence-corrected chi connectivity index (χ3v) is 5.59. The van der Waals surface area contributed by atoms with Crippen molar-refractivity contribution in [1.82, 2.24) is 4.90 Å². The van der Waals surface area contributed by atoms with E-state index in [-0.39, 0.29) is 5.69 Å². The molecule has 0 bridgehead atoms.